The summed E-state index contributed by atoms with van der Waals surface area (Å²) in [5.41, 5.74) is 7.81. The molecule has 5 rings (SSSR count). The Morgan fingerprint density at radius 1 is 1.00 bits per heavy atom. The number of nitrogens with two attached hydrogens (primary N) is 1. The number of ether oxygens (including phenoxy) is 1. The van der Waals surface area contributed by atoms with E-state index in [1.165, 1.54) is 54.8 Å². The van der Waals surface area contributed by atoms with Crippen LogP contribution in [0, 0.1) is 11.3 Å². The van der Waals surface area contributed by atoms with Crippen LogP contribution in [0.4, 0.5) is 4.79 Å². The summed E-state index contributed by atoms with van der Waals surface area (Å²) >= 11 is 6.99. The van der Waals surface area contributed by atoms with Crippen LogP contribution in [0.3, 0.4) is 0 Å². The molecule has 1 aliphatic heterocycles. The molecule has 6 N–H and O–H groups in total. The van der Waals surface area contributed by atoms with Crippen LogP contribution in [0.15, 0.2) is 66.0 Å². The summed E-state index contributed by atoms with van der Waals surface area (Å²) in [6.45, 7) is 3.05. The molecule has 0 bridgehead atoms. The molecule has 0 radical (unpaired) electrons. The lowest BCUT2D eigenvalue weighted by Gasteiger charge is -2.24. The van der Waals surface area contributed by atoms with Gasteiger partial charge in [0.1, 0.15) is 25.0 Å². The highest BCUT2D eigenvalue weighted by atomic mass is 35.5. The Kier molecular flexibility index (Phi) is 17.0. The number of nitrogens with zero attached hydrogens (tertiary/aromatic N) is 1. The molecular weight excluding hydrogens is 650 g/mol. The van der Waals surface area contributed by atoms with Crippen LogP contribution in [0.5, 0.6) is 0 Å². The topological polar surface area (TPSA) is 158 Å². The average Bonchev–Trinajstić information content (AvgIpc) is 3.81. The van der Waals surface area contributed by atoms with E-state index < -0.39 is 12.1 Å². The lowest BCUT2D eigenvalue weighted by molar-refractivity contribution is -0.137. The Balaban J connectivity index is 0.000000296. The van der Waals surface area contributed by atoms with Crippen molar-refractivity contribution in [2.45, 2.75) is 84.1 Å². The molecule has 1 unspecified atom stereocenters. The van der Waals surface area contributed by atoms with Crippen molar-refractivity contribution in [2.24, 2.45) is 11.7 Å². The number of nitrogen functional groups attached to an aromatic ring is 1. The van der Waals surface area contributed by atoms with Crippen LogP contribution in [0.2, 0.25) is 5.02 Å². The molecule has 2 heterocycles. The molecule has 3 amide bonds. The average molecular weight is 698 g/mol. The third kappa shape index (κ3) is 13.7. The molecule has 2 fully saturated rings. The summed E-state index contributed by atoms with van der Waals surface area (Å²) in [5, 5.41) is 23.8. The first kappa shape index (κ1) is 38.5. The van der Waals surface area contributed by atoms with Crippen molar-refractivity contribution >= 4 is 46.7 Å². The molecule has 1 aromatic heterocycles. The summed E-state index contributed by atoms with van der Waals surface area (Å²) in [6.07, 6.45) is 9.53. The van der Waals surface area contributed by atoms with Crippen molar-refractivity contribution < 1.29 is 24.2 Å². The first-order chi connectivity index (χ1) is 23.2. The maximum absolute atomic E-state index is 12.6. The van der Waals surface area contributed by atoms with E-state index in [0.717, 1.165) is 28.3 Å². The fraction of sp³-hybridized carbons (Fsp3) is 0.444. The molecule has 2 aromatic carbocycles. The zero-order valence-electron chi connectivity index (χ0n) is 27.6. The second-order valence-electron chi connectivity index (χ2n) is 11.8. The van der Waals surface area contributed by atoms with Crippen LogP contribution >= 0.6 is 22.9 Å². The van der Waals surface area contributed by atoms with Gasteiger partial charge in [-0.15, -0.1) is 11.3 Å². The van der Waals surface area contributed by atoms with Gasteiger partial charge in [-0.2, -0.15) is 0 Å². The van der Waals surface area contributed by atoms with Crippen LogP contribution in [-0.4, -0.2) is 52.9 Å². The van der Waals surface area contributed by atoms with Crippen molar-refractivity contribution in [3.05, 3.63) is 92.6 Å². The number of aliphatic hydroxyl groups excluding tert-OH is 1. The van der Waals surface area contributed by atoms with E-state index in [4.69, 9.17) is 32.6 Å². The lowest BCUT2D eigenvalue weighted by Crippen LogP contribution is -2.48. The standard InChI is InChI=1S/C21H25N5O4S.C8H16.C7H7ClO/c22-19(23)15-9-16(31-13-15)10-24-20(28)17-7-4-8-26(17)18(27)11-25-21(29)30-12-14-5-2-1-3-6-14;1-2-8-6-4-3-5-7-8;8-7-3-1-6(5-9)2-4-7/h1-3,5-6,9,13,17H,4,7-8,10-12H2,(H3,22,23)(H,24,28)(H,25,29);8H,2-7H2,1H3;1-4,9H,5H2. The van der Waals surface area contributed by atoms with E-state index in [9.17, 15) is 14.4 Å². The maximum Gasteiger partial charge on any atom is 0.407 e. The number of rotatable bonds is 10. The number of carbonyl (C=O) groups excluding carboxylic acids is 3. The minimum atomic E-state index is -0.684. The van der Waals surface area contributed by atoms with Crippen molar-refractivity contribution in [3.63, 3.8) is 0 Å². The van der Waals surface area contributed by atoms with Gasteiger partial charge in [-0.05, 0) is 48.1 Å². The van der Waals surface area contributed by atoms with Gasteiger partial charge in [-0.25, -0.2) is 4.79 Å². The Morgan fingerprint density at radius 3 is 2.31 bits per heavy atom. The third-order valence-corrected chi connectivity index (χ3v) is 9.46. The number of thiophene rings is 1. The number of benzene rings is 2. The Morgan fingerprint density at radius 2 is 1.71 bits per heavy atom. The first-order valence-corrected chi connectivity index (χ1v) is 17.7. The Hall–Kier alpha value is -3.93. The number of likely N-dealkylation sites (tertiary alicyclic amines) is 1. The van der Waals surface area contributed by atoms with Crippen LogP contribution in [0.25, 0.3) is 0 Å². The highest BCUT2D eigenvalue weighted by Crippen LogP contribution is 2.25. The van der Waals surface area contributed by atoms with Crippen molar-refractivity contribution in [2.75, 3.05) is 13.1 Å². The van der Waals surface area contributed by atoms with Crippen molar-refractivity contribution in [1.82, 2.24) is 15.5 Å². The molecule has 1 atom stereocenters. The molecule has 48 heavy (non-hydrogen) atoms. The Labute approximate surface area is 292 Å². The molecule has 10 nitrogen and oxygen atoms in total. The predicted octanol–water partition coefficient (Wildman–Crippen LogP) is 6.37. The predicted molar refractivity (Wildman–Crippen MR) is 191 cm³/mol. The van der Waals surface area contributed by atoms with Crippen LogP contribution in [0.1, 0.15) is 79.9 Å². The molecule has 12 heteroatoms. The zero-order chi connectivity index (χ0) is 34.7. The lowest BCUT2D eigenvalue weighted by atomic mass is 9.88. The minimum Gasteiger partial charge on any atom is -0.445 e. The molecule has 2 aliphatic rings. The summed E-state index contributed by atoms with van der Waals surface area (Å²) in [5.74, 6) is 0.500. The number of amides is 3. The van der Waals surface area contributed by atoms with E-state index >= 15 is 0 Å². The van der Waals surface area contributed by atoms with Gasteiger partial charge < -0.3 is 31.1 Å². The van der Waals surface area contributed by atoms with Gasteiger partial charge in [0, 0.05) is 27.4 Å². The van der Waals surface area contributed by atoms with Crippen molar-refractivity contribution in [3.8, 4) is 0 Å². The summed E-state index contributed by atoms with van der Waals surface area (Å²) in [6, 6.07) is 17.5. The van der Waals surface area contributed by atoms with E-state index in [1.54, 1.807) is 35.7 Å². The van der Waals surface area contributed by atoms with Gasteiger partial charge in [0.05, 0.1) is 13.2 Å². The van der Waals surface area contributed by atoms with E-state index in [1.807, 2.05) is 30.3 Å². The van der Waals surface area contributed by atoms with E-state index in [2.05, 4.69) is 17.6 Å². The summed E-state index contributed by atoms with van der Waals surface area (Å²) in [7, 11) is 0. The summed E-state index contributed by atoms with van der Waals surface area (Å²) in [4.78, 5) is 39.3. The highest BCUT2D eigenvalue weighted by Gasteiger charge is 2.34. The normalized spacial score (nSPS) is 15.6. The third-order valence-electron chi connectivity index (χ3n) is 8.27. The van der Waals surface area contributed by atoms with Gasteiger partial charge in [0.15, 0.2) is 0 Å². The second kappa shape index (κ2) is 21.1. The van der Waals surface area contributed by atoms with E-state index in [-0.39, 0.29) is 37.4 Å². The number of carbonyl (C=O) groups is 3. The number of aliphatic hydroxyl groups is 1. The quantitative estimate of drug-likeness (QED) is 0.122. The number of halogens is 1. The largest absolute Gasteiger partial charge is 0.445 e. The monoisotopic (exact) mass is 697 g/mol. The molecule has 1 saturated heterocycles. The number of nitrogens with one attached hydrogen (secondary N) is 3. The number of hydrogen-bond donors (Lipinski definition) is 5. The number of alkyl carbamates (subject to hydrolysis) is 1. The molecule has 1 saturated carbocycles. The van der Waals surface area contributed by atoms with Gasteiger partial charge >= 0.3 is 6.09 Å². The highest BCUT2D eigenvalue weighted by molar-refractivity contribution is 7.10. The van der Waals surface area contributed by atoms with Gasteiger partial charge in [0.25, 0.3) is 0 Å². The Bertz CT molecular complexity index is 1430. The second-order valence-corrected chi connectivity index (χ2v) is 13.2. The molecule has 3 aromatic rings. The van der Waals surface area contributed by atoms with Gasteiger partial charge in [0.2, 0.25) is 11.8 Å². The molecule has 260 valence electrons. The van der Waals surface area contributed by atoms with E-state index in [0.29, 0.717) is 30.1 Å². The van der Waals surface area contributed by atoms with Gasteiger partial charge in [-0.3, -0.25) is 15.0 Å². The fourth-order valence-electron chi connectivity index (χ4n) is 5.45. The SMILES string of the molecule is CCC1CCCCC1.N=C(N)c1csc(CNC(=O)C2CCCN2C(=O)CNC(=O)OCc2ccccc2)c1.OCc1ccc(Cl)cc1. The maximum atomic E-state index is 12.6. The smallest absolute Gasteiger partial charge is 0.407 e. The number of amidine groups is 1. The number of hydrogen-bond acceptors (Lipinski definition) is 7. The van der Waals surface area contributed by atoms with Crippen LogP contribution < -0.4 is 16.4 Å². The fourth-order valence-corrected chi connectivity index (χ4v) is 6.40. The van der Waals surface area contributed by atoms with Crippen LogP contribution in [-0.2, 0) is 34.1 Å². The zero-order valence-corrected chi connectivity index (χ0v) is 29.2. The molecular formula is C36H48ClN5O5S. The minimum absolute atomic E-state index is 0.0174. The van der Waals surface area contributed by atoms with Gasteiger partial charge in [-0.1, -0.05) is 99.5 Å². The summed E-state index contributed by atoms with van der Waals surface area (Å²) < 4.78 is 5.10. The first-order valence-electron chi connectivity index (χ1n) is 16.5. The van der Waals surface area contributed by atoms with Crippen molar-refractivity contribution in [1.29, 1.82) is 5.41 Å². The molecule has 1 aliphatic carbocycles. The molecule has 0 spiro atoms.